The Balaban J connectivity index is 2.06. The van der Waals surface area contributed by atoms with Gasteiger partial charge in [-0.25, -0.2) is 0 Å². The van der Waals surface area contributed by atoms with Gasteiger partial charge in [-0.05, 0) is 38.7 Å². The average molecular weight is 256 g/mol. The maximum atomic E-state index is 12.7. The molecule has 1 saturated heterocycles. The molecular weight excluding hydrogens is 236 g/mol. The van der Waals surface area contributed by atoms with E-state index in [-0.39, 0.29) is 5.91 Å². The average Bonchev–Trinajstić information content (AvgIpc) is 2.77. The summed E-state index contributed by atoms with van der Waals surface area (Å²) in [5.41, 5.74) is 4.14. The molecule has 0 unspecified atom stereocenters. The minimum atomic E-state index is 0.189. The predicted molar refractivity (Wildman–Crippen MR) is 77.5 cm³/mol. The number of hydrogen-bond acceptors (Lipinski definition) is 1. The van der Waals surface area contributed by atoms with Crippen molar-refractivity contribution in [2.45, 2.75) is 33.1 Å². The van der Waals surface area contributed by atoms with Crippen LogP contribution in [0.4, 0.5) is 0 Å². The molecule has 3 heteroatoms. The summed E-state index contributed by atoms with van der Waals surface area (Å²) in [6, 6.07) is 6.15. The summed E-state index contributed by atoms with van der Waals surface area (Å²) in [5.74, 6) is 0.189. The van der Waals surface area contributed by atoms with E-state index in [9.17, 15) is 4.79 Å². The Labute approximate surface area is 113 Å². The van der Waals surface area contributed by atoms with Gasteiger partial charge in [0.05, 0.1) is 5.56 Å². The minimum Gasteiger partial charge on any atom is -0.358 e. The number of aryl methyl sites for hydroxylation is 2. The maximum Gasteiger partial charge on any atom is 0.256 e. The number of hydrogen-bond donors (Lipinski definition) is 1. The molecule has 2 heterocycles. The number of aromatic nitrogens is 1. The lowest BCUT2D eigenvalue weighted by atomic mass is 10.1. The van der Waals surface area contributed by atoms with Gasteiger partial charge in [0.1, 0.15) is 0 Å². The number of carbonyl (C=O) groups is 1. The van der Waals surface area contributed by atoms with Crippen molar-refractivity contribution in [3.8, 4) is 0 Å². The SMILES string of the molecule is Cc1[nH]c2c(C)cccc2c1C(=O)N1CCCCC1. The first kappa shape index (κ1) is 12.3. The van der Waals surface area contributed by atoms with Gasteiger partial charge in [0.15, 0.2) is 0 Å². The molecule has 1 aliphatic rings. The van der Waals surface area contributed by atoms with Gasteiger partial charge in [-0.2, -0.15) is 0 Å². The van der Waals surface area contributed by atoms with Crippen LogP contribution >= 0.6 is 0 Å². The summed E-state index contributed by atoms with van der Waals surface area (Å²) < 4.78 is 0. The molecule has 3 rings (SSSR count). The van der Waals surface area contributed by atoms with E-state index in [1.807, 2.05) is 24.0 Å². The van der Waals surface area contributed by atoms with Gasteiger partial charge in [-0.3, -0.25) is 4.79 Å². The van der Waals surface area contributed by atoms with Crippen molar-refractivity contribution < 1.29 is 4.79 Å². The molecule has 1 N–H and O–H groups in total. The van der Waals surface area contributed by atoms with Crippen LogP contribution in [0.5, 0.6) is 0 Å². The number of amides is 1. The van der Waals surface area contributed by atoms with E-state index in [1.165, 1.54) is 12.0 Å². The first-order chi connectivity index (χ1) is 9.18. The molecule has 0 aliphatic carbocycles. The molecular formula is C16H20N2O. The number of para-hydroxylation sites is 1. The fourth-order valence-electron chi connectivity index (χ4n) is 3.02. The molecule has 1 aromatic carbocycles. The molecule has 0 atom stereocenters. The first-order valence-electron chi connectivity index (χ1n) is 7.05. The Morgan fingerprint density at radius 3 is 2.63 bits per heavy atom. The van der Waals surface area contributed by atoms with Gasteiger partial charge < -0.3 is 9.88 Å². The lowest BCUT2D eigenvalue weighted by Gasteiger charge is -2.26. The van der Waals surface area contributed by atoms with E-state index >= 15 is 0 Å². The third-order valence-corrected chi connectivity index (χ3v) is 4.09. The Bertz CT molecular complexity index is 621. The largest absolute Gasteiger partial charge is 0.358 e. The Morgan fingerprint density at radius 2 is 1.89 bits per heavy atom. The van der Waals surface area contributed by atoms with E-state index in [2.05, 4.69) is 18.0 Å². The molecule has 1 amide bonds. The Morgan fingerprint density at radius 1 is 1.16 bits per heavy atom. The van der Waals surface area contributed by atoms with Gasteiger partial charge in [0.2, 0.25) is 0 Å². The van der Waals surface area contributed by atoms with E-state index in [0.717, 1.165) is 48.1 Å². The third-order valence-electron chi connectivity index (χ3n) is 4.09. The fourth-order valence-corrected chi connectivity index (χ4v) is 3.02. The third kappa shape index (κ3) is 2.03. The minimum absolute atomic E-state index is 0.189. The summed E-state index contributed by atoms with van der Waals surface area (Å²) in [6.07, 6.45) is 3.51. The van der Waals surface area contributed by atoms with Crippen LogP contribution in [0.3, 0.4) is 0 Å². The number of nitrogens with one attached hydrogen (secondary N) is 1. The van der Waals surface area contributed by atoms with E-state index in [0.29, 0.717) is 0 Å². The zero-order valence-electron chi connectivity index (χ0n) is 11.6. The van der Waals surface area contributed by atoms with Crippen LogP contribution in [0.15, 0.2) is 18.2 Å². The highest BCUT2D eigenvalue weighted by Crippen LogP contribution is 2.26. The van der Waals surface area contributed by atoms with Crippen LogP contribution in [-0.4, -0.2) is 28.9 Å². The zero-order valence-corrected chi connectivity index (χ0v) is 11.6. The Kier molecular flexibility index (Phi) is 3.05. The molecule has 0 bridgehead atoms. The number of nitrogens with zero attached hydrogens (tertiary/aromatic N) is 1. The molecule has 2 aromatic rings. The summed E-state index contributed by atoms with van der Waals surface area (Å²) >= 11 is 0. The maximum absolute atomic E-state index is 12.7. The number of aromatic amines is 1. The number of likely N-dealkylation sites (tertiary alicyclic amines) is 1. The number of carbonyl (C=O) groups excluding carboxylic acids is 1. The van der Waals surface area contributed by atoms with Crippen LogP contribution in [-0.2, 0) is 0 Å². The van der Waals surface area contributed by atoms with Crippen molar-refractivity contribution in [2.75, 3.05) is 13.1 Å². The van der Waals surface area contributed by atoms with Crippen LogP contribution in [0.25, 0.3) is 10.9 Å². The molecule has 3 nitrogen and oxygen atoms in total. The number of H-pyrrole nitrogens is 1. The lowest BCUT2D eigenvalue weighted by molar-refractivity contribution is 0.0725. The number of fused-ring (bicyclic) bond motifs is 1. The normalized spacial score (nSPS) is 16.0. The van der Waals surface area contributed by atoms with E-state index in [4.69, 9.17) is 0 Å². The van der Waals surface area contributed by atoms with Gasteiger partial charge in [0, 0.05) is 29.7 Å². The highest BCUT2D eigenvalue weighted by Gasteiger charge is 2.23. The molecule has 1 aliphatic heterocycles. The Hall–Kier alpha value is -1.77. The van der Waals surface area contributed by atoms with Crippen molar-refractivity contribution >= 4 is 16.8 Å². The monoisotopic (exact) mass is 256 g/mol. The molecule has 0 radical (unpaired) electrons. The van der Waals surface area contributed by atoms with Crippen molar-refractivity contribution in [2.24, 2.45) is 0 Å². The molecule has 1 fully saturated rings. The zero-order chi connectivity index (χ0) is 13.4. The second kappa shape index (κ2) is 4.72. The van der Waals surface area contributed by atoms with Gasteiger partial charge in [-0.15, -0.1) is 0 Å². The summed E-state index contributed by atoms with van der Waals surface area (Å²) in [6.45, 7) is 5.87. The summed E-state index contributed by atoms with van der Waals surface area (Å²) in [5, 5.41) is 1.06. The second-order valence-electron chi connectivity index (χ2n) is 5.48. The van der Waals surface area contributed by atoms with E-state index < -0.39 is 0 Å². The number of rotatable bonds is 1. The topological polar surface area (TPSA) is 36.1 Å². The van der Waals surface area contributed by atoms with Crippen LogP contribution in [0.2, 0.25) is 0 Å². The first-order valence-corrected chi connectivity index (χ1v) is 7.05. The molecule has 100 valence electrons. The van der Waals surface area contributed by atoms with Gasteiger partial charge in [0.25, 0.3) is 5.91 Å². The van der Waals surface area contributed by atoms with Crippen molar-refractivity contribution in [1.29, 1.82) is 0 Å². The second-order valence-corrected chi connectivity index (χ2v) is 5.48. The summed E-state index contributed by atoms with van der Waals surface area (Å²) in [7, 11) is 0. The van der Waals surface area contributed by atoms with Crippen LogP contribution in [0, 0.1) is 13.8 Å². The van der Waals surface area contributed by atoms with Crippen molar-refractivity contribution in [1.82, 2.24) is 9.88 Å². The smallest absolute Gasteiger partial charge is 0.256 e. The van der Waals surface area contributed by atoms with Gasteiger partial charge in [-0.1, -0.05) is 18.2 Å². The lowest BCUT2D eigenvalue weighted by Crippen LogP contribution is -2.35. The van der Waals surface area contributed by atoms with Gasteiger partial charge >= 0.3 is 0 Å². The predicted octanol–water partition coefficient (Wildman–Crippen LogP) is 3.41. The van der Waals surface area contributed by atoms with Crippen LogP contribution in [0.1, 0.15) is 40.9 Å². The number of benzene rings is 1. The fraction of sp³-hybridized carbons (Fsp3) is 0.438. The summed E-state index contributed by atoms with van der Waals surface area (Å²) in [4.78, 5) is 18.1. The molecule has 1 aromatic heterocycles. The molecule has 0 saturated carbocycles. The van der Waals surface area contributed by atoms with Crippen LogP contribution < -0.4 is 0 Å². The quantitative estimate of drug-likeness (QED) is 0.834. The van der Waals surface area contributed by atoms with Crippen molar-refractivity contribution in [3.05, 3.63) is 35.0 Å². The standard InChI is InChI=1S/C16H20N2O/c1-11-7-6-8-13-14(12(2)17-15(11)13)16(19)18-9-4-3-5-10-18/h6-8,17H,3-5,9-10H2,1-2H3. The van der Waals surface area contributed by atoms with Crippen molar-refractivity contribution in [3.63, 3.8) is 0 Å². The highest BCUT2D eigenvalue weighted by molar-refractivity contribution is 6.08. The molecule has 0 spiro atoms. The molecule has 19 heavy (non-hydrogen) atoms. The number of piperidine rings is 1. The van der Waals surface area contributed by atoms with E-state index in [1.54, 1.807) is 0 Å². The highest BCUT2D eigenvalue weighted by atomic mass is 16.2.